The Hall–Kier alpha value is -1.91. The molecule has 1 aliphatic heterocycles. The number of carbonyl (C=O) groups excluding carboxylic acids is 1. The number of nitrogens with two attached hydrogens (primary N) is 1. The molecule has 4 N–H and O–H groups in total. The maximum absolute atomic E-state index is 11.0. The van der Waals surface area contributed by atoms with Crippen LogP contribution >= 0.6 is 0 Å². The lowest BCUT2D eigenvalue weighted by Gasteiger charge is -2.13. The van der Waals surface area contributed by atoms with E-state index in [0.717, 1.165) is 5.69 Å². The van der Waals surface area contributed by atoms with Crippen molar-refractivity contribution in [2.45, 2.75) is 12.5 Å². The van der Waals surface area contributed by atoms with Gasteiger partial charge in [-0.25, -0.2) is 0 Å². The van der Waals surface area contributed by atoms with Gasteiger partial charge in [0.2, 0.25) is 5.91 Å². The summed E-state index contributed by atoms with van der Waals surface area (Å²) < 4.78 is 5.12. The van der Waals surface area contributed by atoms with Gasteiger partial charge in [0, 0.05) is 36.5 Å². The minimum atomic E-state index is 0.0772. The van der Waals surface area contributed by atoms with Crippen LogP contribution in [-0.4, -0.2) is 25.6 Å². The van der Waals surface area contributed by atoms with E-state index >= 15 is 0 Å². The number of methoxy groups -OCH3 is 1. The van der Waals surface area contributed by atoms with Gasteiger partial charge >= 0.3 is 0 Å². The fourth-order valence-electron chi connectivity index (χ4n) is 1.77. The molecule has 1 aromatic rings. The van der Waals surface area contributed by atoms with Crippen molar-refractivity contribution in [2.75, 3.05) is 24.7 Å². The van der Waals surface area contributed by atoms with E-state index in [0.29, 0.717) is 24.4 Å². The molecule has 0 saturated carbocycles. The molecule has 5 heteroatoms. The van der Waals surface area contributed by atoms with Gasteiger partial charge in [-0.15, -0.1) is 0 Å². The summed E-state index contributed by atoms with van der Waals surface area (Å²) in [6.45, 7) is 0.649. The molecule has 1 fully saturated rings. The van der Waals surface area contributed by atoms with Crippen LogP contribution < -0.4 is 21.1 Å². The number of nitrogen functional groups attached to an aromatic ring is 1. The molecule has 1 saturated heterocycles. The van der Waals surface area contributed by atoms with Gasteiger partial charge in [0.15, 0.2) is 0 Å². The van der Waals surface area contributed by atoms with E-state index in [4.69, 9.17) is 10.5 Å². The summed E-state index contributed by atoms with van der Waals surface area (Å²) in [4.78, 5) is 11.0. The third-order valence-corrected chi connectivity index (χ3v) is 2.51. The molecule has 1 atom stereocenters. The van der Waals surface area contributed by atoms with Crippen molar-refractivity contribution in [3.8, 4) is 5.75 Å². The largest absolute Gasteiger partial charge is 0.497 e. The first-order valence-corrected chi connectivity index (χ1v) is 5.15. The Morgan fingerprint density at radius 2 is 2.31 bits per heavy atom. The van der Waals surface area contributed by atoms with E-state index in [1.165, 1.54) is 0 Å². The maximum atomic E-state index is 11.0. The lowest BCUT2D eigenvalue weighted by Crippen LogP contribution is -2.22. The van der Waals surface area contributed by atoms with Crippen molar-refractivity contribution in [1.82, 2.24) is 5.32 Å². The van der Waals surface area contributed by atoms with Crippen molar-refractivity contribution in [1.29, 1.82) is 0 Å². The number of carbonyl (C=O) groups is 1. The Balaban J connectivity index is 2.08. The minimum Gasteiger partial charge on any atom is -0.497 e. The quantitative estimate of drug-likeness (QED) is 0.652. The number of anilines is 2. The zero-order valence-electron chi connectivity index (χ0n) is 9.12. The lowest BCUT2D eigenvalue weighted by atomic mass is 10.2. The Morgan fingerprint density at radius 3 is 2.94 bits per heavy atom. The van der Waals surface area contributed by atoms with Crippen molar-refractivity contribution >= 4 is 17.3 Å². The van der Waals surface area contributed by atoms with Crippen LogP contribution in [0, 0.1) is 0 Å². The van der Waals surface area contributed by atoms with Crippen LogP contribution in [0.1, 0.15) is 6.42 Å². The van der Waals surface area contributed by atoms with Gasteiger partial charge in [-0.1, -0.05) is 0 Å². The Morgan fingerprint density at radius 1 is 1.50 bits per heavy atom. The van der Waals surface area contributed by atoms with Crippen LogP contribution in [0.2, 0.25) is 0 Å². The molecule has 86 valence electrons. The monoisotopic (exact) mass is 221 g/mol. The fraction of sp³-hybridized carbons (Fsp3) is 0.364. The molecule has 5 nitrogen and oxygen atoms in total. The van der Waals surface area contributed by atoms with Gasteiger partial charge in [0.1, 0.15) is 5.75 Å². The zero-order chi connectivity index (χ0) is 11.5. The molecular weight excluding hydrogens is 206 g/mol. The molecular formula is C11H15N3O2. The number of rotatable bonds is 3. The van der Waals surface area contributed by atoms with Gasteiger partial charge in [-0.3, -0.25) is 4.79 Å². The highest BCUT2D eigenvalue weighted by Crippen LogP contribution is 2.23. The normalized spacial score (nSPS) is 19.3. The smallest absolute Gasteiger partial charge is 0.222 e. The highest BCUT2D eigenvalue weighted by atomic mass is 16.5. The van der Waals surface area contributed by atoms with Crippen LogP contribution in [0.5, 0.6) is 5.75 Å². The molecule has 1 amide bonds. The highest BCUT2D eigenvalue weighted by molar-refractivity contribution is 5.79. The van der Waals surface area contributed by atoms with E-state index in [2.05, 4.69) is 10.6 Å². The van der Waals surface area contributed by atoms with Crippen LogP contribution in [0.25, 0.3) is 0 Å². The van der Waals surface area contributed by atoms with Crippen LogP contribution in [0.4, 0.5) is 11.4 Å². The van der Waals surface area contributed by atoms with Crippen LogP contribution in [0.15, 0.2) is 18.2 Å². The summed E-state index contributed by atoms with van der Waals surface area (Å²) in [5.41, 5.74) is 7.25. The molecule has 16 heavy (non-hydrogen) atoms. The predicted molar refractivity (Wildman–Crippen MR) is 62.4 cm³/mol. The van der Waals surface area contributed by atoms with E-state index in [-0.39, 0.29) is 11.9 Å². The molecule has 0 aliphatic carbocycles. The van der Waals surface area contributed by atoms with Gasteiger partial charge in [-0.2, -0.15) is 0 Å². The molecule has 1 aliphatic rings. The molecule has 0 aromatic heterocycles. The second kappa shape index (κ2) is 4.30. The Bertz CT molecular complexity index is 406. The second-order valence-corrected chi connectivity index (χ2v) is 3.84. The Kier molecular flexibility index (Phi) is 2.85. The summed E-state index contributed by atoms with van der Waals surface area (Å²) in [6, 6.07) is 5.56. The minimum absolute atomic E-state index is 0.0772. The lowest BCUT2D eigenvalue weighted by molar-refractivity contribution is -0.119. The fourth-order valence-corrected chi connectivity index (χ4v) is 1.77. The number of hydrogen-bond donors (Lipinski definition) is 3. The number of nitrogens with one attached hydrogen (secondary N) is 2. The molecule has 1 heterocycles. The zero-order valence-corrected chi connectivity index (χ0v) is 9.12. The van der Waals surface area contributed by atoms with E-state index in [1.54, 1.807) is 13.2 Å². The summed E-state index contributed by atoms with van der Waals surface area (Å²) in [5, 5.41) is 6.01. The van der Waals surface area contributed by atoms with Crippen LogP contribution in [0.3, 0.4) is 0 Å². The van der Waals surface area contributed by atoms with Gasteiger partial charge in [0.05, 0.1) is 13.2 Å². The standard InChI is InChI=1S/C11H15N3O2/c1-16-10-3-7(12)2-8(4-10)14-9-5-11(15)13-6-9/h2-4,9,14H,5-6,12H2,1H3,(H,13,15). The van der Waals surface area contributed by atoms with E-state index < -0.39 is 0 Å². The maximum Gasteiger partial charge on any atom is 0.222 e. The molecule has 0 bridgehead atoms. The average molecular weight is 221 g/mol. The number of ether oxygens (including phenoxy) is 1. The SMILES string of the molecule is COc1cc(N)cc(NC2CNC(=O)C2)c1. The molecule has 2 rings (SSSR count). The first-order valence-electron chi connectivity index (χ1n) is 5.15. The van der Waals surface area contributed by atoms with E-state index in [1.807, 2.05) is 12.1 Å². The molecule has 1 aromatic carbocycles. The summed E-state index contributed by atoms with van der Waals surface area (Å²) in [7, 11) is 1.60. The molecule has 0 radical (unpaired) electrons. The predicted octanol–water partition coefficient (Wildman–Crippen LogP) is 0.578. The van der Waals surface area contributed by atoms with Gasteiger partial charge in [0.25, 0.3) is 0 Å². The number of benzene rings is 1. The summed E-state index contributed by atoms with van der Waals surface area (Å²) in [6.07, 6.45) is 0.497. The Labute approximate surface area is 94.0 Å². The third-order valence-electron chi connectivity index (χ3n) is 2.51. The first-order chi connectivity index (χ1) is 7.67. The average Bonchev–Trinajstić information content (AvgIpc) is 2.63. The first kappa shape index (κ1) is 10.6. The van der Waals surface area contributed by atoms with Crippen molar-refractivity contribution < 1.29 is 9.53 Å². The summed E-state index contributed by atoms with van der Waals surface area (Å²) >= 11 is 0. The highest BCUT2D eigenvalue weighted by Gasteiger charge is 2.21. The van der Waals surface area contributed by atoms with E-state index in [9.17, 15) is 4.79 Å². The number of amides is 1. The summed E-state index contributed by atoms with van der Waals surface area (Å²) in [5.74, 6) is 0.785. The van der Waals surface area contributed by atoms with Crippen molar-refractivity contribution in [2.24, 2.45) is 0 Å². The topological polar surface area (TPSA) is 76.4 Å². The van der Waals surface area contributed by atoms with Crippen molar-refractivity contribution in [3.63, 3.8) is 0 Å². The van der Waals surface area contributed by atoms with Gasteiger partial charge in [-0.05, 0) is 6.07 Å². The number of hydrogen-bond acceptors (Lipinski definition) is 4. The molecule has 0 spiro atoms. The van der Waals surface area contributed by atoms with Crippen molar-refractivity contribution in [3.05, 3.63) is 18.2 Å². The van der Waals surface area contributed by atoms with Crippen LogP contribution in [-0.2, 0) is 4.79 Å². The molecule has 1 unspecified atom stereocenters. The van der Waals surface area contributed by atoms with Gasteiger partial charge < -0.3 is 21.1 Å². The third kappa shape index (κ3) is 2.36. The second-order valence-electron chi connectivity index (χ2n) is 3.84.